The second-order valence-electron chi connectivity index (χ2n) is 6.12. The largest absolute Gasteiger partial charge is 0.481 e. The summed E-state index contributed by atoms with van der Waals surface area (Å²) in [6.45, 7) is 4.38. The van der Waals surface area contributed by atoms with E-state index in [1.165, 1.54) is 23.1 Å². The van der Waals surface area contributed by atoms with E-state index >= 15 is 0 Å². The number of hydrogen-bond donors (Lipinski definition) is 2. The Hall–Kier alpha value is -1.82. The maximum absolute atomic E-state index is 13.1. The maximum Gasteiger partial charge on any atom is 0.317 e. The monoisotopic (exact) mass is 342 g/mol. The van der Waals surface area contributed by atoms with Gasteiger partial charge in [0.25, 0.3) is 0 Å². The Bertz CT molecular complexity index is 611. The van der Waals surface area contributed by atoms with E-state index in [-0.39, 0.29) is 23.5 Å². The fraction of sp³-hybridized carbons (Fsp3) is 0.500. The zero-order valence-corrected chi connectivity index (χ0v) is 13.8. The van der Waals surface area contributed by atoms with Crippen molar-refractivity contribution in [1.29, 1.82) is 0 Å². The normalized spacial score (nSPS) is 22.5. The molecule has 0 aromatic heterocycles. The van der Waals surface area contributed by atoms with Crippen LogP contribution in [0.5, 0.6) is 0 Å². The third-order valence-electron chi connectivity index (χ3n) is 4.07. The third kappa shape index (κ3) is 4.34. The first kappa shape index (κ1) is 17.5. The van der Waals surface area contributed by atoms with E-state index in [9.17, 15) is 14.0 Å². The zero-order valence-electron chi connectivity index (χ0n) is 13.1. The predicted molar refractivity (Wildman–Crippen MR) is 84.8 cm³/mol. The Morgan fingerprint density at radius 2 is 2.13 bits per heavy atom. The number of carboxylic acid groups (broad SMARTS) is 1. The number of likely N-dealkylation sites (tertiary alicyclic amines) is 1. The first-order valence-electron chi connectivity index (χ1n) is 7.51. The minimum atomic E-state index is -0.885. The summed E-state index contributed by atoms with van der Waals surface area (Å²) < 4.78 is 13.1. The average Bonchev–Trinajstić information content (AvgIpc) is 2.46. The van der Waals surface area contributed by atoms with E-state index in [1.807, 2.05) is 6.92 Å². The number of nitrogens with zero attached hydrogens (tertiary/aromatic N) is 1. The molecule has 5 nitrogen and oxygen atoms in total. The number of halogens is 2. The smallest absolute Gasteiger partial charge is 0.317 e. The number of nitrogens with one attached hydrogen (secondary N) is 1. The summed E-state index contributed by atoms with van der Waals surface area (Å²) in [6.07, 6.45) is 0.568. The number of hydrogen-bond acceptors (Lipinski definition) is 2. The predicted octanol–water partition coefficient (Wildman–Crippen LogP) is 3.29. The lowest BCUT2D eigenvalue weighted by molar-refractivity contribution is -0.143. The van der Waals surface area contributed by atoms with Crippen LogP contribution in [-0.2, 0) is 4.79 Å². The molecule has 1 aliphatic heterocycles. The molecule has 0 spiro atoms. The first-order valence-corrected chi connectivity index (χ1v) is 7.89. The van der Waals surface area contributed by atoms with Crippen LogP contribution in [0, 0.1) is 17.7 Å². The van der Waals surface area contributed by atoms with Gasteiger partial charge in [0.1, 0.15) is 5.82 Å². The van der Waals surface area contributed by atoms with Crippen LogP contribution in [-0.4, -0.2) is 35.1 Å². The lowest BCUT2D eigenvalue weighted by Crippen LogP contribution is -2.49. The van der Waals surface area contributed by atoms with E-state index in [4.69, 9.17) is 16.7 Å². The summed E-state index contributed by atoms with van der Waals surface area (Å²) in [6, 6.07) is 3.27. The van der Waals surface area contributed by atoms with Crippen LogP contribution >= 0.6 is 11.6 Å². The Morgan fingerprint density at radius 3 is 2.74 bits per heavy atom. The van der Waals surface area contributed by atoms with Crippen molar-refractivity contribution in [2.75, 3.05) is 13.1 Å². The molecule has 0 aliphatic carbocycles. The van der Waals surface area contributed by atoms with Crippen LogP contribution in [0.15, 0.2) is 18.2 Å². The molecule has 2 N–H and O–H groups in total. The summed E-state index contributed by atoms with van der Waals surface area (Å²) >= 11 is 6.00. The van der Waals surface area contributed by atoms with Gasteiger partial charge in [0.15, 0.2) is 0 Å². The number of urea groups is 1. The van der Waals surface area contributed by atoms with Gasteiger partial charge in [-0.2, -0.15) is 0 Å². The molecule has 1 fully saturated rings. The molecule has 7 heteroatoms. The summed E-state index contributed by atoms with van der Waals surface area (Å²) in [4.78, 5) is 25.1. The fourth-order valence-electron chi connectivity index (χ4n) is 2.90. The van der Waals surface area contributed by atoms with Crippen molar-refractivity contribution in [3.05, 3.63) is 34.6 Å². The standard InChI is InChI=1S/C16H20ClFN2O3/c1-9-5-11(15(21)22)8-20(7-9)16(23)19-10(2)13-4-3-12(18)6-14(13)17/h3-4,6,9-11H,5,7-8H2,1-2H3,(H,19,23)(H,21,22). The molecule has 3 unspecified atom stereocenters. The molecule has 1 aliphatic rings. The van der Waals surface area contributed by atoms with Crippen molar-refractivity contribution >= 4 is 23.6 Å². The second kappa shape index (κ2) is 7.17. The van der Waals surface area contributed by atoms with Gasteiger partial charge in [-0.3, -0.25) is 4.79 Å². The third-order valence-corrected chi connectivity index (χ3v) is 4.39. The Kier molecular flexibility index (Phi) is 5.46. The second-order valence-corrected chi connectivity index (χ2v) is 6.53. The topological polar surface area (TPSA) is 69.6 Å². The van der Waals surface area contributed by atoms with Gasteiger partial charge in [0.2, 0.25) is 0 Å². The SMILES string of the molecule is CC1CC(C(=O)O)CN(C(=O)NC(C)c2ccc(F)cc2Cl)C1. The molecule has 1 aromatic rings. The van der Waals surface area contributed by atoms with Gasteiger partial charge in [-0.15, -0.1) is 0 Å². The number of aliphatic carboxylic acids is 1. The average molecular weight is 343 g/mol. The molecular formula is C16H20ClFN2O3. The van der Waals surface area contributed by atoms with Crippen molar-refractivity contribution in [3.63, 3.8) is 0 Å². The van der Waals surface area contributed by atoms with E-state index in [0.29, 0.717) is 18.5 Å². The quantitative estimate of drug-likeness (QED) is 0.885. The maximum atomic E-state index is 13.1. The van der Waals surface area contributed by atoms with Gasteiger partial charge >= 0.3 is 12.0 Å². The number of carbonyl (C=O) groups is 2. The molecule has 1 heterocycles. The van der Waals surface area contributed by atoms with Crippen molar-refractivity contribution in [2.24, 2.45) is 11.8 Å². The van der Waals surface area contributed by atoms with Gasteiger partial charge in [-0.25, -0.2) is 9.18 Å². The van der Waals surface area contributed by atoms with Gasteiger partial charge in [-0.1, -0.05) is 24.6 Å². The fourth-order valence-corrected chi connectivity index (χ4v) is 3.23. The molecule has 2 rings (SSSR count). The summed E-state index contributed by atoms with van der Waals surface area (Å²) in [5.74, 6) is -1.75. The number of benzene rings is 1. The van der Waals surface area contributed by atoms with Crippen LogP contribution < -0.4 is 5.32 Å². The van der Waals surface area contributed by atoms with Crippen LogP contribution in [0.4, 0.5) is 9.18 Å². The summed E-state index contributed by atoms with van der Waals surface area (Å²) in [5.41, 5.74) is 0.612. The molecule has 0 saturated carbocycles. The molecule has 23 heavy (non-hydrogen) atoms. The van der Waals surface area contributed by atoms with E-state index < -0.39 is 23.7 Å². The molecular weight excluding hydrogens is 323 g/mol. The highest BCUT2D eigenvalue weighted by atomic mass is 35.5. The highest BCUT2D eigenvalue weighted by molar-refractivity contribution is 6.31. The van der Waals surface area contributed by atoms with Crippen LogP contribution in [0.3, 0.4) is 0 Å². The molecule has 0 bridgehead atoms. The minimum Gasteiger partial charge on any atom is -0.481 e. The molecule has 126 valence electrons. The molecule has 2 amide bonds. The summed E-state index contributed by atoms with van der Waals surface area (Å²) in [5, 5.41) is 12.2. The van der Waals surface area contributed by atoms with Gasteiger partial charge in [0.05, 0.1) is 12.0 Å². The Morgan fingerprint density at radius 1 is 1.43 bits per heavy atom. The molecule has 0 radical (unpaired) electrons. The molecule has 1 aromatic carbocycles. The van der Waals surface area contributed by atoms with Crippen LogP contribution in [0.2, 0.25) is 5.02 Å². The van der Waals surface area contributed by atoms with Gasteiger partial charge in [0, 0.05) is 18.1 Å². The Labute approximate surface area is 139 Å². The van der Waals surface area contributed by atoms with Crippen molar-refractivity contribution in [1.82, 2.24) is 10.2 Å². The van der Waals surface area contributed by atoms with E-state index in [0.717, 1.165) is 0 Å². The van der Waals surface area contributed by atoms with E-state index in [2.05, 4.69) is 5.32 Å². The lowest BCUT2D eigenvalue weighted by Gasteiger charge is -2.35. The Balaban J connectivity index is 2.04. The number of carbonyl (C=O) groups excluding carboxylic acids is 1. The van der Waals surface area contributed by atoms with Crippen LogP contribution in [0.25, 0.3) is 0 Å². The zero-order chi connectivity index (χ0) is 17.1. The number of rotatable bonds is 3. The first-order chi connectivity index (χ1) is 10.8. The summed E-state index contributed by atoms with van der Waals surface area (Å²) in [7, 11) is 0. The number of carboxylic acids is 1. The molecule has 1 saturated heterocycles. The highest BCUT2D eigenvalue weighted by Gasteiger charge is 2.32. The lowest BCUT2D eigenvalue weighted by atomic mass is 9.91. The number of amides is 2. The highest BCUT2D eigenvalue weighted by Crippen LogP contribution is 2.25. The molecule has 3 atom stereocenters. The van der Waals surface area contributed by atoms with Gasteiger partial charge < -0.3 is 15.3 Å². The van der Waals surface area contributed by atoms with E-state index in [1.54, 1.807) is 6.92 Å². The van der Waals surface area contributed by atoms with Crippen molar-refractivity contribution < 1.29 is 19.1 Å². The van der Waals surface area contributed by atoms with Gasteiger partial charge in [-0.05, 0) is 37.0 Å². The van der Waals surface area contributed by atoms with Crippen molar-refractivity contribution in [3.8, 4) is 0 Å². The number of piperidine rings is 1. The minimum absolute atomic E-state index is 0.125. The van der Waals surface area contributed by atoms with Crippen LogP contribution in [0.1, 0.15) is 31.9 Å². The van der Waals surface area contributed by atoms with Crippen molar-refractivity contribution in [2.45, 2.75) is 26.3 Å².